The fraction of sp³-hybridized carbons (Fsp3) is 0.333. The number of likely N-dealkylation sites (N-methyl/N-ethyl adjacent to an activating group) is 1. The van der Waals surface area contributed by atoms with Crippen LogP contribution in [0.3, 0.4) is 0 Å². The molecule has 2 aromatic rings. The first-order valence-corrected chi connectivity index (χ1v) is 9.60. The molecule has 2 heterocycles. The Labute approximate surface area is 169 Å². The van der Waals surface area contributed by atoms with Gasteiger partial charge in [0.1, 0.15) is 0 Å². The molecule has 0 radical (unpaired) electrons. The molecule has 2 amide bonds. The van der Waals surface area contributed by atoms with E-state index in [1.54, 1.807) is 12.1 Å². The van der Waals surface area contributed by atoms with Gasteiger partial charge in [-0.05, 0) is 49.0 Å². The predicted octanol–water partition coefficient (Wildman–Crippen LogP) is 1.42. The maximum atomic E-state index is 12.2. The molecule has 0 aromatic heterocycles. The van der Waals surface area contributed by atoms with Gasteiger partial charge < -0.3 is 29.9 Å². The predicted molar refractivity (Wildman–Crippen MR) is 109 cm³/mol. The van der Waals surface area contributed by atoms with E-state index in [4.69, 9.17) is 9.47 Å². The molecule has 2 aromatic carbocycles. The van der Waals surface area contributed by atoms with Crippen molar-refractivity contribution in [3.05, 3.63) is 48.0 Å². The maximum absolute atomic E-state index is 12.2. The molecule has 152 valence electrons. The van der Waals surface area contributed by atoms with Crippen molar-refractivity contribution in [2.45, 2.75) is 6.54 Å². The highest BCUT2D eigenvalue weighted by Crippen LogP contribution is 2.32. The third-order valence-corrected chi connectivity index (χ3v) is 5.09. The van der Waals surface area contributed by atoms with Gasteiger partial charge in [-0.25, -0.2) is 0 Å². The van der Waals surface area contributed by atoms with Gasteiger partial charge in [-0.15, -0.1) is 0 Å². The lowest BCUT2D eigenvalue weighted by molar-refractivity contribution is -0.136. The summed E-state index contributed by atoms with van der Waals surface area (Å²) in [6, 6.07) is 13.0. The van der Waals surface area contributed by atoms with E-state index in [1.165, 1.54) is 0 Å². The standard InChI is InChI=1S/C21H24N4O4/c1-24-8-10-25(11-9-24)17-5-3-16(4-6-17)23-21(27)20(26)22-13-15-2-7-18-19(12-15)29-14-28-18/h2-7,12H,8-11,13-14H2,1H3,(H,22,26)(H,23,27). The van der Waals surface area contributed by atoms with Crippen LogP contribution < -0.4 is 25.0 Å². The van der Waals surface area contributed by atoms with Gasteiger partial charge in [-0.2, -0.15) is 0 Å². The summed E-state index contributed by atoms with van der Waals surface area (Å²) in [4.78, 5) is 28.9. The Bertz CT molecular complexity index is 892. The molecule has 0 atom stereocenters. The highest BCUT2D eigenvalue weighted by atomic mass is 16.7. The second-order valence-corrected chi connectivity index (χ2v) is 7.16. The fourth-order valence-electron chi connectivity index (χ4n) is 3.32. The number of nitrogens with one attached hydrogen (secondary N) is 2. The Balaban J connectivity index is 1.27. The van der Waals surface area contributed by atoms with Crippen molar-refractivity contribution in [1.82, 2.24) is 10.2 Å². The van der Waals surface area contributed by atoms with Gasteiger partial charge in [0.2, 0.25) is 6.79 Å². The Morgan fingerprint density at radius 3 is 2.41 bits per heavy atom. The van der Waals surface area contributed by atoms with Gasteiger partial charge in [0.25, 0.3) is 0 Å². The molecular formula is C21H24N4O4. The number of carbonyl (C=O) groups is 2. The summed E-state index contributed by atoms with van der Waals surface area (Å²) in [6.45, 7) is 4.44. The maximum Gasteiger partial charge on any atom is 0.313 e. The van der Waals surface area contributed by atoms with Crippen LogP contribution in [0.5, 0.6) is 11.5 Å². The zero-order chi connectivity index (χ0) is 20.2. The molecule has 8 heteroatoms. The molecule has 8 nitrogen and oxygen atoms in total. The number of hydrogen-bond donors (Lipinski definition) is 2. The van der Waals surface area contributed by atoms with Crippen LogP contribution in [0.1, 0.15) is 5.56 Å². The lowest BCUT2D eigenvalue weighted by atomic mass is 10.2. The van der Waals surface area contributed by atoms with E-state index < -0.39 is 11.8 Å². The SMILES string of the molecule is CN1CCN(c2ccc(NC(=O)C(=O)NCc3ccc4c(c3)OCO4)cc2)CC1. The van der Waals surface area contributed by atoms with Crippen LogP contribution in [0.15, 0.2) is 42.5 Å². The minimum absolute atomic E-state index is 0.196. The Kier molecular flexibility index (Phi) is 5.53. The first-order chi connectivity index (χ1) is 14.1. The second kappa shape index (κ2) is 8.40. The largest absolute Gasteiger partial charge is 0.454 e. The van der Waals surface area contributed by atoms with Gasteiger partial charge >= 0.3 is 11.8 Å². The molecule has 0 bridgehead atoms. The number of piperazine rings is 1. The van der Waals surface area contributed by atoms with E-state index >= 15 is 0 Å². The zero-order valence-electron chi connectivity index (χ0n) is 16.3. The molecular weight excluding hydrogens is 372 g/mol. The molecule has 0 unspecified atom stereocenters. The van der Waals surface area contributed by atoms with Gasteiger partial charge in [0.15, 0.2) is 11.5 Å². The Morgan fingerprint density at radius 2 is 1.66 bits per heavy atom. The summed E-state index contributed by atoms with van der Waals surface area (Å²) >= 11 is 0. The van der Waals surface area contributed by atoms with Crippen molar-refractivity contribution in [2.24, 2.45) is 0 Å². The minimum atomic E-state index is -0.696. The van der Waals surface area contributed by atoms with E-state index in [2.05, 4.69) is 27.5 Å². The van der Waals surface area contributed by atoms with Crippen molar-refractivity contribution in [3.63, 3.8) is 0 Å². The van der Waals surface area contributed by atoms with Gasteiger partial charge in [-0.3, -0.25) is 9.59 Å². The number of ether oxygens (including phenoxy) is 2. The third kappa shape index (κ3) is 4.60. The molecule has 0 spiro atoms. The number of amides is 2. The summed E-state index contributed by atoms with van der Waals surface area (Å²) in [6.07, 6.45) is 0. The fourth-order valence-corrected chi connectivity index (χ4v) is 3.32. The molecule has 1 saturated heterocycles. The van der Waals surface area contributed by atoms with Gasteiger partial charge in [0, 0.05) is 44.1 Å². The minimum Gasteiger partial charge on any atom is -0.454 e. The number of fused-ring (bicyclic) bond motifs is 1. The van der Waals surface area contributed by atoms with Gasteiger partial charge in [-0.1, -0.05) is 6.07 Å². The zero-order valence-corrected chi connectivity index (χ0v) is 16.3. The molecule has 4 rings (SSSR count). The first-order valence-electron chi connectivity index (χ1n) is 9.60. The molecule has 2 aliphatic rings. The Hall–Kier alpha value is -3.26. The summed E-state index contributed by atoms with van der Waals surface area (Å²) in [5, 5.41) is 5.25. The number of nitrogens with zero attached hydrogens (tertiary/aromatic N) is 2. The van der Waals surface area contributed by atoms with E-state index in [0.29, 0.717) is 17.2 Å². The van der Waals surface area contributed by atoms with Crippen molar-refractivity contribution in [1.29, 1.82) is 0 Å². The number of rotatable bonds is 4. The molecule has 29 heavy (non-hydrogen) atoms. The lowest BCUT2D eigenvalue weighted by Gasteiger charge is -2.34. The lowest BCUT2D eigenvalue weighted by Crippen LogP contribution is -2.44. The number of benzene rings is 2. The van der Waals surface area contributed by atoms with E-state index in [0.717, 1.165) is 37.4 Å². The second-order valence-electron chi connectivity index (χ2n) is 7.16. The normalized spacial score (nSPS) is 15.8. The quantitative estimate of drug-likeness (QED) is 0.761. The van der Waals surface area contributed by atoms with E-state index in [1.807, 2.05) is 30.3 Å². The van der Waals surface area contributed by atoms with Crippen LogP contribution in [-0.2, 0) is 16.1 Å². The monoisotopic (exact) mass is 396 g/mol. The van der Waals surface area contributed by atoms with E-state index in [-0.39, 0.29) is 13.3 Å². The molecule has 2 aliphatic heterocycles. The smallest absolute Gasteiger partial charge is 0.313 e. The highest BCUT2D eigenvalue weighted by Gasteiger charge is 2.17. The average Bonchev–Trinajstić information content (AvgIpc) is 3.21. The van der Waals surface area contributed by atoms with Crippen molar-refractivity contribution in [3.8, 4) is 11.5 Å². The molecule has 0 aliphatic carbocycles. The molecule has 0 saturated carbocycles. The summed E-state index contributed by atoms with van der Waals surface area (Å²) in [5.41, 5.74) is 2.53. The van der Waals surface area contributed by atoms with Crippen molar-refractivity contribution in [2.75, 3.05) is 50.2 Å². The summed E-state index contributed by atoms with van der Waals surface area (Å²) in [7, 11) is 2.12. The van der Waals surface area contributed by atoms with Crippen molar-refractivity contribution >= 4 is 23.2 Å². The number of carbonyl (C=O) groups excluding carboxylic acids is 2. The third-order valence-electron chi connectivity index (χ3n) is 5.09. The molecule has 2 N–H and O–H groups in total. The van der Waals surface area contributed by atoms with Crippen LogP contribution in [0.4, 0.5) is 11.4 Å². The summed E-state index contributed by atoms with van der Waals surface area (Å²) < 4.78 is 10.6. The molecule has 1 fully saturated rings. The van der Waals surface area contributed by atoms with Crippen LogP contribution in [0.2, 0.25) is 0 Å². The topological polar surface area (TPSA) is 83.1 Å². The van der Waals surface area contributed by atoms with Crippen LogP contribution in [0.25, 0.3) is 0 Å². The Morgan fingerprint density at radius 1 is 0.931 bits per heavy atom. The van der Waals surface area contributed by atoms with E-state index in [9.17, 15) is 9.59 Å². The van der Waals surface area contributed by atoms with Crippen LogP contribution in [-0.4, -0.2) is 56.7 Å². The van der Waals surface area contributed by atoms with Crippen LogP contribution >= 0.6 is 0 Å². The van der Waals surface area contributed by atoms with Gasteiger partial charge in [0.05, 0.1) is 0 Å². The summed E-state index contributed by atoms with van der Waals surface area (Å²) in [5.74, 6) is -0.0663. The van der Waals surface area contributed by atoms with Crippen LogP contribution in [0, 0.1) is 0 Å². The number of hydrogen-bond acceptors (Lipinski definition) is 6. The highest BCUT2D eigenvalue weighted by molar-refractivity contribution is 6.39. The first kappa shape index (κ1) is 19.1. The average molecular weight is 396 g/mol. The van der Waals surface area contributed by atoms with Crippen molar-refractivity contribution < 1.29 is 19.1 Å². The number of anilines is 2.